The molecule has 38 heavy (non-hydrogen) atoms. The Hall–Kier alpha value is -2.29. The van der Waals surface area contributed by atoms with Crippen LogP contribution in [0.5, 0.6) is 0 Å². The summed E-state index contributed by atoms with van der Waals surface area (Å²) < 4.78 is 37.1. The van der Waals surface area contributed by atoms with Gasteiger partial charge in [0.15, 0.2) is 8.32 Å². The maximum absolute atomic E-state index is 14.2. The zero-order valence-electron chi connectivity index (χ0n) is 23.4. The molecule has 210 valence electrons. The Bertz CT molecular complexity index is 1050. The van der Waals surface area contributed by atoms with Gasteiger partial charge in [-0.05, 0) is 42.6 Å². The zero-order chi connectivity index (χ0) is 28.6. The van der Waals surface area contributed by atoms with Gasteiger partial charge in [-0.2, -0.15) is 0 Å². The first-order valence-electron chi connectivity index (χ1n) is 12.6. The summed E-state index contributed by atoms with van der Waals surface area (Å²) in [5.74, 6) is -1.91. The van der Waals surface area contributed by atoms with E-state index in [0.717, 1.165) is 11.1 Å². The molecule has 0 radical (unpaired) electrons. The zero-order valence-corrected chi connectivity index (χ0v) is 25.3. The minimum atomic E-state index is -3.95. The Morgan fingerprint density at radius 1 is 0.895 bits per heavy atom. The highest BCUT2D eigenvalue weighted by Gasteiger charge is 2.49. The lowest BCUT2D eigenvalue weighted by Gasteiger charge is -2.40. The van der Waals surface area contributed by atoms with E-state index in [1.165, 1.54) is 14.0 Å². The van der Waals surface area contributed by atoms with Gasteiger partial charge in [-0.15, -0.1) is 0 Å². The van der Waals surface area contributed by atoms with Crippen molar-refractivity contribution in [2.75, 3.05) is 13.3 Å². The molecule has 0 heterocycles. The molecule has 0 saturated carbocycles. The van der Waals surface area contributed by atoms with Gasteiger partial charge in [0.1, 0.15) is 6.10 Å². The number of hydrogen-bond donors (Lipinski definition) is 1. The van der Waals surface area contributed by atoms with E-state index in [4.69, 9.17) is 18.2 Å². The van der Waals surface area contributed by atoms with E-state index in [1.807, 2.05) is 94.5 Å². The summed E-state index contributed by atoms with van der Waals surface area (Å²) >= 11 is 0. The molecule has 0 fully saturated rings. The Morgan fingerprint density at radius 3 is 1.71 bits per heavy atom. The third-order valence-corrected chi connectivity index (χ3v) is 13.5. The molecule has 2 aromatic carbocycles. The first-order chi connectivity index (χ1) is 17.6. The number of aliphatic carboxylic acids is 1. The summed E-state index contributed by atoms with van der Waals surface area (Å²) in [6, 6.07) is 18.4. The Kier molecular flexibility index (Phi) is 11.1. The van der Waals surface area contributed by atoms with E-state index in [1.54, 1.807) is 0 Å². The molecule has 0 aromatic heterocycles. The molecule has 0 amide bonds. The number of carbonyl (C=O) groups is 2. The number of carboxylic acids is 1. The Labute approximate surface area is 227 Å². The summed E-state index contributed by atoms with van der Waals surface area (Å²) in [6.07, 6.45) is -1.94. The van der Waals surface area contributed by atoms with Gasteiger partial charge in [-0.3, -0.25) is 9.36 Å². The van der Waals surface area contributed by atoms with Crippen LogP contribution < -0.4 is 0 Å². The number of carboxylic acid groups (broad SMARTS) is 1. The van der Waals surface area contributed by atoms with Gasteiger partial charge in [0.05, 0.1) is 31.9 Å². The first kappa shape index (κ1) is 31.9. The van der Waals surface area contributed by atoms with E-state index >= 15 is 0 Å². The fourth-order valence-corrected chi connectivity index (χ4v) is 6.94. The predicted octanol–water partition coefficient (Wildman–Crippen LogP) is 6.66. The van der Waals surface area contributed by atoms with Crippen molar-refractivity contribution in [3.05, 3.63) is 71.8 Å². The van der Waals surface area contributed by atoms with Crippen LogP contribution in [0, 0.1) is 5.41 Å². The van der Waals surface area contributed by atoms with Gasteiger partial charge in [0.25, 0.3) is 0 Å². The van der Waals surface area contributed by atoms with Crippen molar-refractivity contribution in [2.45, 2.75) is 71.6 Å². The van der Waals surface area contributed by atoms with Gasteiger partial charge in [-0.25, -0.2) is 4.79 Å². The van der Waals surface area contributed by atoms with Crippen molar-refractivity contribution in [1.82, 2.24) is 0 Å². The third-order valence-electron chi connectivity index (χ3n) is 6.92. The quantitative estimate of drug-likeness (QED) is 0.154. The number of hydrogen-bond acceptors (Lipinski definition) is 7. The molecule has 2 atom stereocenters. The van der Waals surface area contributed by atoms with Gasteiger partial charge in [0, 0.05) is 0 Å². The Morgan fingerprint density at radius 2 is 1.34 bits per heavy atom. The van der Waals surface area contributed by atoms with Crippen LogP contribution in [0.15, 0.2) is 60.7 Å². The van der Waals surface area contributed by atoms with Crippen molar-refractivity contribution < 1.29 is 37.5 Å². The fraction of sp³-hybridized carbons (Fsp3) is 0.500. The lowest BCUT2D eigenvalue weighted by molar-refractivity contribution is -0.156. The highest BCUT2D eigenvalue weighted by molar-refractivity contribution is 7.53. The summed E-state index contributed by atoms with van der Waals surface area (Å²) in [7, 11) is -5.25. The monoisotopic (exact) mass is 564 g/mol. The number of esters is 1. The fourth-order valence-electron chi connectivity index (χ4n) is 3.63. The molecule has 0 aliphatic carbocycles. The molecule has 0 unspecified atom stereocenters. The predicted molar refractivity (Wildman–Crippen MR) is 149 cm³/mol. The molecule has 10 heteroatoms. The van der Waals surface area contributed by atoms with Gasteiger partial charge in [-0.1, -0.05) is 81.4 Å². The van der Waals surface area contributed by atoms with E-state index in [9.17, 15) is 19.3 Å². The van der Waals surface area contributed by atoms with Crippen molar-refractivity contribution in [3.8, 4) is 0 Å². The molecule has 1 N–H and O–H groups in total. The third kappa shape index (κ3) is 9.17. The summed E-state index contributed by atoms with van der Waals surface area (Å²) in [6.45, 7) is 11.4. The molecule has 0 aliphatic heterocycles. The van der Waals surface area contributed by atoms with Crippen LogP contribution >= 0.6 is 7.60 Å². The molecule has 0 bridgehead atoms. The lowest BCUT2D eigenvalue weighted by atomic mass is 9.86. The number of rotatable bonds is 14. The molecule has 0 saturated heterocycles. The minimum absolute atomic E-state index is 0.00696. The van der Waals surface area contributed by atoms with Crippen LogP contribution in [0.3, 0.4) is 0 Å². The highest BCUT2D eigenvalue weighted by Crippen LogP contribution is 2.55. The Balaban J connectivity index is 2.38. The van der Waals surface area contributed by atoms with E-state index in [-0.39, 0.29) is 30.8 Å². The molecule has 2 aromatic rings. The maximum atomic E-state index is 14.2. The number of benzene rings is 2. The van der Waals surface area contributed by atoms with E-state index < -0.39 is 39.4 Å². The van der Waals surface area contributed by atoms with E-state index in [0.29, 0.717) is 0 Å². The topological polar surface area (TPSA) is 108 Å². The van der Waals surface area contributed by atoms with Crippen LogP contribution in [0.2, 0.25) is 18.1 Å². The SMILES string of the molecule is COC(=O)[C@@](C)(C[C@H](O[Si](C)(C)C(C)(C)C)C(=O)O)CP(=O)(OCc1ccccc1)OCc1ccccc1. The smallest absolute Gasteiger partial charge is 0.332 e. The average molecular weight is 565 g/mol. The highest BCUT2D eigenvalue weighted by atomic mass is 31.2. The molecule has 2 rings (SSSR count). The van der Waals surface area contributed by atoms with Crippen molar-refractivity contribution in [2.24, 2.45) is 5.41 Å². The lowest BCUT2D eigenvalue weighted by Crippen LogP contribution is -2.49. The van der Waals surface area contributed by atoms with Crippen LogP contribution in [-0.2, 0) is 45.6 Å². The summed E-state index contributed by atoms with van der Waals surface area (Å²) in [5.41, 5.74) is 0.0317. The standard InChI is InChI=1S/C28H41O8PSi/c1-27(2,3)38(6,7)36-24(25(29)30)18-28(4,26(31)33-5)21-37(32,34-19-22-14-10-8-11-15-22)35-20-23-16-12-9-13-17-23/h8-17,24H,18-21H2,1-7H3,(H,29,30)/t24-,28-/m0/s1. The molecular formula is C28H41O8PSi. The van der Waals surface area contributed by atoms with Crippen molar-refractivity contribution in [3.63, 3.8) is 0 Å². The van der Waals surface area contributed by atoms with Gasteiger partial charge in [0.2, 0.25) is 0 Å². The molecular weight excluding hydrogens is 523 g/mol. The number of ether oxygens (including phenoxy) is 1. The summed E-state index contributed by atoms with van der Waals surface area (Å²) in [4.78, 5) is 25.4. The normalized spacial score (nSPS) is 14.9. The molecule has 0 aliphatic rings. The van der Waals surface area contributed by atoms with Crippen molar-refractivity contribution >= 4 is 27.9 Å². The van der Waals surface area contributed by atoms with Gasteiger partial charge >= 0.3 is 19.5 Å². The second-order valence-corrected chi connectivity index (χ2v) is 18.1. The van der Waals surface area contributed by atoms with Crippen LogP contribution in [0.4, 0.5) is 0 Å². The van der Waals surface area contributed by atoms with Crippen LogP contribution in [-0.4, -0.2) is 44.7 Å². The van der Waals surface area contributed by atoms with Crippen LogP contribution in [0.25, 0.3) is 0 Å². The van der Waals surface area contributed by atoms with Gasteiger partial charge < -0.3 is 23.3 Å². The van der Waals surface area contributed by atoms with Crippen LogP contribution in [0.1, 0.15) is 45.2 Å². The maximum Gasteiger partial charge on any atom is 0.332 e. The van der Waals surface area contributed by atoms with Crippen molar-refractivity contribution in [1.29, 1.82) is 0 Å². The number of carbonyl (C=O) groups excluding carboxylic acids is 1. The second kappa shape index (κ2) is 13.2. The van der Waals surface area contributed by atoms with E-state index in [2.05, 4.69) is 0 Å². The molecule has 8 nitrogen and oxygen atoms in total. The average Bonchev–Trinajstić information content (AvgIpc) is 2.86. The first-order valence-corrected chi connectivity index (χ1v) is 17.2. The minimum Gasteiger partial charge on any atom is -0.479 e. The number of methoxy groups -OCH3 is 1. The largest absolute Gasteiger partial charge is 0.479 e. The summed E-state index contributed by atoms with van der Waals surface area (Å²) in [5, 5.41) is 9.78. The second-order valence-electron chi connectivity index (χ2n) is 11.2. The molecule has 0 spiro atoms.